The van der Waals surface area contributed by atoms with Crippen LogP contribution in [0.25, 0.3) is 0 Å². The lowest BCUT2D eigenvalue weighted by molar-refractivity contribution is 0.179. The summed E-state index contributed by atoms with van der Waals surface area (Å²) >= 11 is 0. The molecule has 0 fully saturated rings. The SMILES string of the molecule is COc1ccccc1C(O)CN1CCc2ccc(F)cc21. The average Bonchev–Trinajstić information content (AvgIpc) is 2.89. The van der Waals surface area contributed by atoms with Crippen molar-refractivity contribution in [3.63, 3.8) is 0 Å². The van der Waals surface area contributed by atoms with E-state index in [1.807, 2.05) is 35.2 Å². The molecule has 3 rings (SSSR count). The third kappa shape index (κ3) is 2.72. The first kappa shape index (κ1) is 13.9. The number of halogens is 1. The molecule has 1 heterocycles. The van der Waals surface area contributed by atoms with Crippen LogP contribution < -0.4 is 9.64 Å². The summed E-state index contributed by atoms with van der Waals surface area (Å²) in [6, 6.07) is 12.3. The number of anilines is 1. The normalized spacial score (nSPS) is 14.9. The van der Waals surface area contributed by atoms with Gasteiger partial charge in [-0.1, -0.05) is 24.3 Å². The summed E-state index contributed by atoms with van der Waals surface area (Å²) in [5.41, 5.74) is 2.76. The van der Waals surface area contributed by atoms with Gasteiger partial charge in [0.15, 0.2) is 0 Å². The summed E-state index contributed by atoms with van der Waals surface area (Å²) in [6.07, 6.45) is 0.212. The van der Waals surface area contributed by atoms with Gasteiger partial charge in [0.25, 0.3) is 0 Å². The zero-order valence-electron chi connectivity index (χ0n) is 11.9. The molecule has 2 aromatic carbocycles. The second-order valence-corrected chi connectivity index (χ2v) is 5.23. The van der Waals surface area contributed by atoms with Gasteiger partial charge in [-0.05, 0) is 30.2 Å². The summed E-state index contributed by atoms with van der Waals surface area (Å²) in [5, 5.41) is 10.5. The van der Waals surface area contributed by atoms with E-state index in [4.69, 9.17) is 4.74 Å². The van der Waals surface area contributed by atoms with Gasteiger partial charge < -0.3 is 14.7 Å². The van der Waals surface area contributed by atoms with E-state index in [0.29, 0.717) is 12.3 Å². The molecule has 110 valence electrons. The zero-order valence-corrected chi connectivity index (χ0v) is 11.9. The van der Waals surface area contributed by atoms with Gasteiger partial charge in [-0.15, -0.1) is 0 Å². The van der Waals surface area contributed by atoms with Crippen LogP contribution in [0.15, 0.2) is 42.5 Å². The van der Waals surface area contributed by atoms with E-state index in [0.717, 1.165) is 29.8 Å². The molecule has 0 aromatic heterocycles. The molecule has 0 spiro atoms. The van der Waals surface area contributed by atoms with Crippen LogP contribution in [-0.2, 0) is 6.42 Å². The van der Waals surface area contributed by atoms with E-state index < -0.39 is 6.10 Å². The first-order valence-electron chi connectivity index (χ1n) is 7.03. The quantitative estimate of drug-likeness (QED) is 0.938. The van der Waals surface area contributed by atoms with Crippen molar-refractivity contribution < 1.29 is 14.2 Å². The maximum atomic E-state index is 13.4. The third-order valence-corrected chi connectivity index (χ3v) is 3.93. The lowest BCUT2D eigenvalue weighted by Gasteiger charge is -2.24. The van der Waals surface area contributed by atoms with E-state index in [2.05, 4.69) is 0 Å². The lowest BCUT2D eigenvalue weighted by atomic mass is 10.1. The van der Waals surface area contributed by atoms with Gasteiger partial charge in [-0.25, -0.2) is 4.39 Å². The number of ether oxygens (including phenoxy) is 1. The van der Waals surface area contributed by atoms with Crippen LogP contribution in [0.5, 0.6) is 5.75 Å². The standard InChI is InChI=1S/C17H18FNO2/c1-21-17-5-3-2-4-14(17)16(20)11-19-9-8-12-6-7-13(18)10-15(12)19/h2-7,10,16,20H,8-9,11H2,1H3. The fourth-order valence-electron chi connectivity index (χ4n) is 2.86. The van der Waals surface area contributed by atoms with Gasteiger partial charge in [-0.3, -0.25) is 0 Å². The Morgan fingerprint density at radius 3 is 2.90 bits per heavy atom. The molecular weight excluding hydrogens is 269 g/mol. The number of methoxy groups -OCH3 is 1. The molecule has 0 amide bonds. The highest BCUT2D eigenvalue weighted by molar-refractivity contribution is 5.58. The van der Waals surface area contributed by atoms with Crippen molar-refractivity contribution in [1.29, 1.82) is 0 Å². The maximum absolute atomic E-state index is 13.4. The van der Waals surface area contributed by atoms with Crippen LogP contribution in [0.1, 0.15) is 17.2 Å². The number of benzene rings is 2. The third-order valence-electron chi connectivity index (χ3n) is 3.93. The first-order valence-corrected chi connectivity index (χ1v) is 7.03. The van der Waals surface area contributed by atoms with Crippen LogP contribution in [-0.4, -0.2) is 25.3 Å². The molecule has 1 aliphatic heterocycles. The van der Waals surface area contributed by atoms with E-state index >= 15 is 0 Å². The number of hydrogen-bond donors (Lipinski definition) is 1. The van der Waals surface area contributed by atoms with Crippen molar-refractivity contribution in [3.8, 4) is 5.75 Å². The smallest absolute Gasteiger partial charge is 0.125 e. The van der Waals surface area contributed by atoms with E-state index in [9.17, 15) is 9.50 Å². The molecule has 0 saturated carbocycles. The number of fused-ring (bicyclic) bond motifs is 1. The Balaban J connectivity index is 1.81. The lowest BCUT2D eigenvalue weighted by Crippen LogP contribution is -2.26. The predicted octanol–water partition coefficient (Wildman–Crippen LogP) is 2.93. The number of hydrogen-bond acceptors (Lipinski definition) is 3. The monoisotopic (exact) mass is 287 g/mol. The molecule has 0 bridgehead atoms. The number of aliphatic hydroxyl groups excluding tert-OH is 1. The van der Waals surface area contributed by atoms with Crippen molar-refractivity contribution in [2.45, 2.75) is 12.5 Å². The van der Waals surface area contributed by atoms with Crippen LogP contribution in [0.4, 0.5) is 10.1 Å². The summed E-state index contributed by atoms with van der Waals surface area (Å²) in [6.45, 7) is 1.22. The minimum absolute atomic E-state index is 0.243. The predicted molar refractivity (Wildman–Crippen MR) is 80.3 cm³/mol. The minimum atomic E-state index is -0.671. The Labute approximate surface area is 123 Å². The van der Waals surface area contributed by atoms with Gasteiger partial charge in [0, 0.05) is 24.3 Å². The molecule has 4 heteroatoms. The van der Waals surface area contributed by atoms with Crippen molar-refractivity contribution in [2.24, 2.45) is 0 Å². The van der Waals surface area contributed by atoms with Crippen LogP contribution in [0, 0.1) is 5.82 Å². The van der Waals surface area contributed by atoms with Crippen molar-refractivity contribution in [3.05, 3.63) is 59.4 Å². The zero-order chi connectivity index (χ0) is 14.8. The molecule has 0 saturated heterocycles. The van der Waals surface area contributed by atoms with Crippen LogP contribution >= 0.6 is 0 Å². The van der Waals surface area contributed by atoms with Gasteiger partial charge in [0.1, 0.15) is 17.7 Å². The number of β-amino-alcohol motifs (C(OH)–C–C–N with tert-alkyl or cyclic N) is 1. The van der Waals surface area contributed by atoms with E-state index in [-0.39, 0.29) is 5.82 Å². The topological polar surface area (TPSA) is 32.7 Å². The first-order chi connectivity index (χ1) is 10.2. The number of nitrogens with zero attached hydrogens (tertiary/aromatic N) is 1. The van der Waals surface area contributed by atoms with Gasteiger partial charge in [0.05, 0.1) is 7.11 Å². The Morgan fingerprint density at radius 1 is 1.29 bits per heavy atom. The Hall–Kier alpha value is -2.07. The van der Waals surface area contributed by atoms with E-state index in [1.165, 1.54) is 12.1 Å². The molecule has 21 heavy (non-hydrogen) atoms. The number of aliphatic hydroxyl groups is 1. The molecule has 1 aliphatic rings. The summed E-state index contributed by atoms with van der Waals surface area (Å²) in [5.74, 6) is 0.427. The minimum Gasteiger partial charge on any atom is -0.496 e. The molecule has 0 aliphatic carbocycles. The van der Waals surface area contributed by atoms with Crippen LogP contribution in [0.2, 0.25) is 0 Å². The molecular formula is C17H18FNO2. The second kappa shape index (κ2) is 5.74. The highest BCUT2D eigenvalue weighted by Gasteiger charge is 2.23. The molecule has 0 radical (unpaired) electrons. The molecule has 1 unspecified atom stereocenters. The average molecular weight is 287 g/mol. The van der Waals surface area contributed by atoms with Gasteiger partial charge >= 0.3 is 0 Å². The maximum Gasteiger partial charge on any atom is 0.125 e. The van der Waals surface area contributed by atoms with Crippen molar-refractivity contribution in [1.82, 2.24) is 0 Å². The Bertz CT molecular complexity index is 644. The highest BCUT2D eigenvalue weighted by Crippen LogP contribution is 2.32. The molecule has 1 N–H and O–H groups in total. The van der Waals surface area contributed by atoms with Gasteiger partial charge in [0.2, 0.25) is 0 Å². The summed E-state index contributed by atoms with van der Waals surface area (Å²) < 4.78 is 18.7. The second-order valence-electron chi connectivity index (χ2n) is 5.23. The summed E-state index contributed by atoms with van der Waals surface area (Å²) in [7, 11) is 1.59. The van der Waals surface area contributed by atoms with Crippen molar-refractivity contribution in [2.75, 3.05) is 25.1 Å². The summed E-state index contributed by atoms with van der Waals surface area (Å²) in [4.78, 5) is 2.02. The Morgan fingerprint density at radius 2 is 2.10 bits per heavy atom. The molecule has 3 nitrogen and oxygen atoms in total. The number of para-hydroxylation sites is 1. The largest absolute Gasteiger partial charge is 0.496 e. The molecule has 1 atom stereocenters. The van der Waals surface area contributed by atoms with Crippen molar-refractivity contribution >= 4 is 5.69 Å². The number of rotatable bonds is 4. The van der Waals surface area contributed by atoms with Gasteiger partial charge in [-0.2, -0.15) is 0 Å². The van der Waals surface area contributed by atoms with Crippen LogP contribution in [0.3, 0.4) is 0 Å². The molecule has 2 aromatic rings. The highest BCUT2D eigenvalue weighted by atomic mass is 19.1. The van der Waals surface area contributed by atoms with E-state index in [1.54, 1.807) is 7.11 Å². The Kier molecular flexibility index (Phi) is 3.80. The fraction of sp³-hybridized carbons (Fsp3) is 0.294. The fourth-order valence-corrected chi connectivity index (χ4v) is 2.86.